The van der Waals surface area contributed by atoms with Crippen LogP contribution in [0.1, 0.15) is 17.7 Å². The van der Waals surface area contributed by atoms with Gasteiger partial charge in [-0.15, -0.1) is 0 Å². The van der Waals surface area contributed by atoms with Crippen LogP contribution in [0.25, 0.3) is 11.1 Å². The molecule has 0 aliphatic carbocycles. The average Bonchev–Trinajstić information content (AvgIpc) is 2.99. The number of halogens is 4. The lowest BCUT2D eigenvalue weighted by atomic mass is 10.0. The summed E-state index contributed by atoms with van der Waals surface area (Å²) in [5.41, 5.74) is 0.137. The maximum absolute atomic E-state index is 14.7. The van der Waals surface area contributed by atoms with E-state index in [1.54, 1.807) is 24.3 Å². The van der Waals surface area contributed by atoms with Gasteiger partial charge in [0.25, 0.3) is 6.43 Å². The first-order valence-electron chi connectivity index (χ1n) is 7.94. The molecule has 3 aromatic rings. The fourth-order valence-electron chi connectivity index (χ4n) is 2.83. The molecule has 0 atom stereocenters. The molecule has 0 saturated carbocycles. The van der Waals surface area contributed by atoms with Gasteiger partial charge in [0.1, 0.15) is 5.82 Å². The number of alkyl halides is 2. The predicted molar refractivity (Wildman–Crippen MR) is 92.9 cm³/mol. The van der Waals surface area contributed by atoms with Crippen LogP contribution in [0.15, 0.2) is 42.6 Å². The van der Waals surface area contributed by atoms with Crippen molar-refractivity contribution >= 4 is 17.8 Å². The molecule has 1 amide bonds. The summed E-state index contributed by atoms with van der Waals surface area (Å²) in [6.07, 6.45) is -1.59. The van der Waals surface area contributed by atoms with Crippen molar-refractivity contribution in [1.82, 2.24) is 9.78 Å². The van der Waals surface area contributed by atoms with E-state index in [9.17, 15) is 22.4 Å². The zero-order valence-corrected chi connectivity index (χ0v) is 14.5. The lowest BCUT2D eigenvalue weighted by Gasteiger charge is -2.21. The molecule has 0 spiro atoms. The number of carbonyl (C=O) groups excluding carboxylic acids is 1. The quantitative estimate of drug-likeness (QED) is 0.468. The van der Waals surface area contributed by atoms with Crippen LogP contribution in [0.2, 0.25) is 0 Å². The molecule has 1 aromatic heterocycles. The van der Waals surface area contributed by atoms with E-state index in [0.29, 0.717) is 11.6 Å². The highest BCUT2D eigenvalue weighted by Gasteiger charge is 2.27. The minimum atomic E-state index is -2.98. The first-order valence-corrected chi connectivity index (χ1v) is 7.94. The van der Waals surface area contributed by atoms with Gasteiger partial charge in [-0.25, -0.2) is 17.6 Å². The summed E-state index contributed by atoms with van der Waals surface area (Å²) in [7, 11) is 1.40. The number of carbonyl (C=O) groups is 1. The Labute approximate surface area is 152 Å². The standard InChI is InChI=1S/C19H15F4N3O/c1-11-3-5-12(6-4-11)14-7-13(20)8-15(21)18(14)26(10-27)16-9-25(2)24-17(16)19(22)23/h3-10,19H,1-2H3. The van der Waals surface area contributed by atoms with E-state index in [-0.39, 0.29) is 23.3 Å². The maximum atomic E-state index is 14.7. The second-order valence-electron chi connectivity index (χ2n) is 6.00. The molecule has 27 heavy (non-hydrogen) atoms. The summed E-state index contributed by atoms with van der Waals surface area (Å²) < 4.78 is 56.3. The Morgan fingerprint density at radius 1 is 1.15 bits per heavy atom. The lowest BCUT2D eigenvalue weighted by Crippen LogP contribution is -2.18. The highest BCUT2D eigenvalue weighted by atomic mass is 19.3. The molecule has 8 heteroatoms. The number of amides is 1. The second kappa shape index (κ2) is 7.22. The molecule has 0 unspecified atom stereocenters. The molecular weight excluding hydrogens is 362 g/mol. The fourth-order valence-corrected chi connectivity index (χ4v) is 2.83. The van der Waals surface area contributed by atoms with E-state index in [1.165, 1.54) is 13.2 Å². The number of nitrogens with zero attached hydrogens (tertiary/aromatic N) is 3. The Morgan fingerprint density at radius 2 is 1.81 bits per heavy atom. The van der Waals surface area contributed by atoms with Crippen molar-refractivity contribution < 1.29 is 22.4 Å². The van der Waals surface area contributed by atoms with Crippen LogP contribution in [-0.4, -0.2) is 16.2 Å². The highest BCUT2D eigenvalue weighted by Crippen LogP contribution is 2.40. The van der Waals surface area contributed by atoms with Crippen molar-refractivity contribution in [3.63, 3.8) is 0 Å². The molecule has 0 radical (unpaired) electrons. The van der Waals surface area contributed by atoms with Gasteiger partial charge in [-0.05, 0) is 18.6 Å². The Balaban J connectivity index is 2.26. The van der Waals surface area contributed by atoms with Gasteiger partial charge in [-0.3, -0.25) is 14.4 Å². The molecule has 1 heterocycles. The normalized spacial score (nSPS) is 11.1. The van der Waals surface area contributed by atoms with Gasteiger partial charge in [-0.2, -0.15) is 5.10 Å². The van der Waals surface area contributed by atoms with Gasteiger partial charge in [0.2, 0.25) is 6.41 Å². The lowest BCUT2D eigenvalue weighted by molar-refractivity contribution is -0.106. The van der Waals surface area contributed by atoms with E-state index in [1.807, 2.05) is 6.92 Å². The molecule has 0 N–H and O–H groups in total. The van der Waals surface area contributed by atoms with Crippen LogP contribution in [0.5, 0.6) is 0 Å². The summed E-state index contributed by atoms with van der Waals surface area (Å²) >= 11 is 0. The van der Waals surface area contributed by atoms with Crippen LogP contribution < -0.4 is 4.90 Å². The summed E-state index contributed by atoms with van der Waals surface area (Å²) in [4.78, 5) is 12.5. The van der Waals surface area contributed by atoms with Crippen molar-refractivity contribution in [3.05, 3.63) is 65.5 Å². The SMILES string of the molecule is Cc1ccc(-c2cc(F)cc(F)c2N(C=O)c2cn(C)nc2C(F)F)cc1. The second-order valence-corrected chi connectivity index (χ2v) is 6.00. The van der Waals surface area contributed by atoms with E-state index in [2.05, 4.69) is 5.10 Å². The molecule has 140 valence electrons. The number of hydrogen-bond donors (Lipinski definition) is 0. The number of aryl methyl sites for hydroxylation is 2. The molecule has 0 bridgehead atoms. The smallest absolute Gasteiger partial charge is 0.278 e. The largest absolute Gasteiger partial charge is 0.284 e. The Hall–Kier alpha value is -3.16. The zero-order chi connectivity index (χ0) is 19.7. The van der Waals surface area contributed by atoms with Gasteiger partial charge in [-0.1, -0.05) is 29.8 Å². The zero-order valence-electron chi connectivity index (χ0n) is 14.5. The molecule has 4 nitrogen and oxygen atoms in total. The minimum Gasteiger partial charge on any atom is -0.278 e. The topological polar surface area (TPSA) is 38.1 Å². The van der Waals surface area contributed by atoms with E-state index in [4.69, 9.17) is 0 Å². The van der Waals surface area contributed by atoms with Crippen LogP contribution in [0.3, 0.4) is 0 Å². The van der Waals surface area contributed by atoms with Crippen molar-refractivity contribution in [2.45, 2.75) is 13.3 Å². The summed E-state index contributed by atoms with van der Waals surface area (Å²) in [5.74, 6) is -1.90. The Bertz CT molecular complexity index is 983. The van der Waals surface area contributed by atoms with E-state index < -0.39 is 23.8 Å². The fraction of sp³-hybridized carbons (Fsp3) is 0.158. The van der Waals surface area contributed by atoms with Crippen molar-refractivity contribution in [3.8, 4) is 11.1 Å². The van der Waals surface area contributed by atoms with E-state index in [0.717, 1.165) is 21.2 Å². The third-order valence-corrected chi connectivity index (χ3v) is 4.04. The monoisotopic (exact) mass is 377 g/mol. The van der Waals surface area contributed by atoms with Crippen LogP contribution in [0, 0.1) is 18.6 Å². The van der Waals surface area contributed by atoms with Crippen molar-refractivity contribution in [2.24, 2.45) is 7.05 Å². The van der Waals surface area contributed by atoms with Gasteiger partial charge in [0.15, 0.2) is 11.5 Å². The number of anilines is 2. The predicted octanol–water partition coefficient (Wildman–Crippen LogP) is 4.91. The average molecular weight is 377 g/mol. The summed E-state index contributed by atoms with van der Waals surface area (Å²) in [6, 6.07) is 8.39. The number of hydrogen-bond acceptors (Lipinski definition) is 2. The van der Waals surface area contributed by atoms with Crippen molar-refractivity contribution in [1.29, 1.82) is 0 Å². The van der Waals surface area contributed by atoms with Gasteiger partial charge in [0.05, 0.1) is 11.4 Å². The number of benzene rings is 2. The molecule has 2 aromatic carbocycles. The molecule has 3 rings (SSSR count). The van der Waals surface area contributed by atoms with Crippen LogP contribution in [-0.2, 0) is 11.8 Å². The number of aromatic nitrogens is 2. The molecular formula is C19H15F4N3O. The number of rotatable bonds is 5. The van der Waals surface area contributed by atoms with Gasteiger partial charge >= 0.3 is 0 Å². The van der Waals surface area contributed by atoms with Crippen LogP contribution >= 0.6 is 0 Å². The molecule has 0 saturated heterocycles. The molecule has 0 aliphatic rings. The maximum Gasteiger partial charge on any atom is 0.284 e. The van der Waals surface area contributed by atoms with Crippen molar-refractivity contribution in [2.75, 3.05) is 4.90 Å². The third-order valence-electron chi connectivity index (χ3n) is 4.04. The molecule has 0 fully saturated rings. The van der Waals surface area contributed by atoms with Crippen LogP contribution in [0.4, 0.5) is 28.9 Å². The van der Waals surface area contributed by atoms with Gasteiger partial charge in [0, 0.05) is 24.9 Å². The first-order chi connectivity index (χ1) is 12.8. The van der Waals surface area contributed by atoms with Gasteiger partial charge < -0.3 is 0 Å². The summed E-state index contributed by atoms with van der Waals surface area (Å²) in [5, 5.41) is 3.64. The highest BCUT2D eigenvalue weighted by molar-refractivity contribution is 5.94. The Kier molecular flexibility index (Phi) is 4.98. The van der Waals surface area contributed by atoms with E-state index >= 15 is 0 Å². The Morgan fingerprint density at radius 3 is 2.41 bits per heavy atom. The minimum absolute atomic E-state index is 0.0590. The molecule has 0 aliphatic heterocycles. The summed E-state index contributed by atoms with van der Waals surface area (Å²) in [6.45, 7) is 1.85. The first kappa shape index (κ1) is 18.6. The third kappa shape index (κ3) is 3.55.